The summed E-state index contributed by atoms with van der Waals surface area (Å²) in [5.74, 6) is -1.35. The summed E-state index contributed by atoms with van der Waals surface area (Å²) in [6.45, 7) is 7.38. The van der Waals surface area contributed by atoms with Gasteiger partial charge in [0, 0.05) is 21.0 Å². The number of carboxylic acids is 2. The predicted octanol–water partition coefficient (Wildman–Crippen LogP) is 8.81. The molecule has 0 radical (unpaired) electrons. The molecular weight excluding hydrogens is 476 g/mol. The van der Waals surface area contributed by atoms with E-state index in [1.54, 1.807) is 0 Å². The maximum Gasteiger partial charge on any atom is 0.309 e. The Morgan fingerprint density at radius 3 is 1.23 bits per heavy atom. The molecule has 204 valence electrons. The Balaban J connectivity index is 1.57. The second-order valence-corrected chi connectivity index (χ2v) is 15.6. The van der Waals surface area contributed by atoms with Crippen LogP contribution in [0, 0.1) is 10.8 Å². The summed E-state index contributed by atoms with van der Waals surface area (Å²) in [7, 11) is 0. The average Bonchev–Trinajstić information content (AvgIpc) is 2.80. The number of unbranched alkanes of at least 4 members (excludes halogenated alkanes) is 2. The fourth-order valence-electron chi connectivity index (χ4n) is 5.48. The van der Waals surface area contributed by atoms with Crippen LogP contribution in [0.5, 0.6) is 0 Å². The summed E-state index contributed by atoms with van der Waals surface area (Å²) in [6, 6.07) is 0. The summed E-state index contributed by atoms with van der Waals surface area (Å²) >= 11 is 4.47. The Bertz CT molecular complexity index is 595. The highest BCUT2D eigenvalue weighted by Crippen LogP contribution is 2.40. The molecule has 0 amide bonds. The molecule has 0 aliphatic carbocycles. The number of carbonyl (C=O) groups is 2. The van der Waals surface area contributed by atoms with E-state index >= 15 is 0 Å². The fraction of sp³-hybridized carbons (Fsp3) is 0.931. The van der Waals surface area contributed by atoms with Crippen molar-refractivity contribution in [1.82, 2.24) is 0 Å². The highest BCUT2D eigenvalue weighted by Gasteiger charge is 2.28. The Kier molecular flexibility index (Phi) is 13.4. The Hall–Kier alpha value is -0.360. The second-order valence-electron chi connectivity index (χ2n) is 12.4. The van der Waals surface area contributed by atoms with Crippen LogP contribution in [0.15, 0.2) is 0 Å². The zero-order valence-electron chi connectivity index (χ0n) is 22.9. The minimum Gasteiger partial charge on any atom is -0.481 e. The van der Waals surface area contributed by atoms with Crippen LogP contribution in [0.1, 0.15) is 137 Å². The zero-order chi connectivity index (χ0) is 25.9. The first kappa shape index (κ1) is 30.9. The van der Waals surface area contributed by atoms with Crippen molar-refractivity contribution in [2.75, 3.05) is 0 Å². The van der Waals surface area contributed by atoms with E-state index in [0.717, 1.165) is 59.5 Å². The minimum absolute atomic E-state index is 0.588. The average molecular weight is 529 g/mol. The smallest absolute Gasteiger partial charge is 0.309 e. The van der Waals surface area contributed by atoms with Crippen molar-refractivity contribution in [3.05, 3.63) is 0 Å². The van der Waals surface area contributed by atoms with Crippen molar-refractivity contribution in [2.24, 2.45) is 10.8 Å². The molecular formula is C29H52O4S2. The number of hydrogen-bond acceptors (Lipinski definition) is 4. The van der Waals surface area contributed by atoms with E-state index < -0.39 is 22.8 Å². The number of thioether (sulfide) groups is 2. The summed E-state index contributed by atoms with van der Waals surface area (Å²) in [4.78, 5) is 22.6. The number of hydrogen-bond donors (Lipinski definition) is 2. The SMILES string of the molecule is CC(C)(CCCCC1CCCC(CCCC2CCCC(CCCCC(C)(C)C(=O)O)S2)S1)C(=O)O. The molecule has 0 aromatic carbocycles. The van der Waals surface area contributed by atoms with Crippen LogP contribution < -0.4 is 0 Å². The van der Waals surface area contributed by atoms with Gasteiger partial charge in [-0.3, -0.25) is 9.59 Å². The summed E-state index contributed by atoms with van der Waals surface area (Å²) in [6.07, 6.45) is 20.7. The van der Waals surface area contributed by atoms with E-state index in [9.17, 15) is 19.8 Å². The lowest BCUT2D eigenvalue weighted by Crippen LogP contribution is -2.23. The first-order chi connectivity index (χ1) is 16.5. The molecule has 4 nitrogen and oxygen atoms in total. The molecule has 0 saturated carbocycles. The van der Waals surface area contributed by atoms with Gasteiger partial charge in [-0.05, 0) is 91.9 Å². The topological polar surface area (TPSA) is 74.6 Å². The van der Waals surface area contributed by atoms with E-state index in [-0.39, 0.29) is 0 Å². The highest BCUT2D eigenvalue weighted by molar-refractivity contribution is 8.00. The predicted molar refractivity (Wildman–Crippen MR) is 152 cm³/mol. The van der Waals surface area contributed by atoms with Gasteiger partial charge in [-0.2, -0.15) is 23.5 Å². The van der Waals surface area contributed by atoms with E-state index in [1.807, 2.05) is 27.7 Å². The third kappa shape index (κ3) is 11.7. The van der Waals surface area contributed by atoms with E-state index in [1.165, 1.54) is 70.6 Å². The molecule has 4 unspecified atom stereocenters. The van der Waals surface area contributed by atoms with Crippen LogP contribution in [0.2, 0.25) is 0 Å². The molecule has 2 N–H and O–H groups in total. The fourth-order valence-corrected chi connectivity index (χ4v) is 8.99. The van der Waals surface area contributed by atoms with Gasteiger partial charge in [-0.15, -0.1) is 0 Å². The van der Waals surface area contributed by atoms with Crippen LogP contribution in [-0.2, 0) is 9.59 Å². The van der Waals surface area contributed by atoms with Crippen molar-refractivity contribution < 1.29 is 19.8 Å². The Labute approximate surface area is 223 Å². The molecule has 2 saturated heterocycles. The molecule has 2 fully saturated rings. The lowest BCUT2D eigenvalue weighted by atomic mass is 9.87. The van der Waals surface area contributed by atoms with Gasteiger partial charge in [0.2, 0.25) is 0 Å². The number of carboxylic acid groups (broad SMARTS) is 2. The molecule has 6 heteroatoms. The lowest BCUT2D eigenvalue weighted by Gasteiger charge is -2.31. The second kappa shape index (κ2) is 15.1. The summed E-state index contributed by atoms with van der Waals surface area (Å²) in [5.41, 5.74) is -1.18. The third-order valence-electron chi connectivity index (χ3n) is 8.24. The number of rotatable bonds is 16. The van der Waals surface area contributed by atoms with Crippen molar-refractivity contribution in [3.8, 4) is 0 Å². The van der Waals surface area contributed by atoms with Crippen LogP contribution in [0.25, 0.3) is 0 Å². The minimum atomic E-state index is -0.674. The summed E-state index contributed by atoms with van der Waals surface area (Å²) < 4.78 is 0. The first-order valence-corrected chi connectivity index (χ1v) is 16.2. The van der Waals surface area contributed by atoms with Gasteiger partial charge >= 0.3 is 11.9 Å². The van der Waals surface area contributed by atoms with E-state index in [2.05, 4.69) is 23.5 Å². The van der Waals surface area contributed by atoms with E-state index in [0.29, 0.717) is 0 Å². The van der Waals surface area contributed by atoms with Crippen molar-refractivity contribution in [3.63, 3.8) is 0 Å². The Morgan fingerprint density at radius 1 is 0.600 bits per heavy atom. The molecule has 2 aliphatic heterocycles. The molecule has 0 aromatic rings. The van der Waals surface area contributed by atoms with Crippen LogP contribution in [-0.4, -0.2) is 43.2 Å². The lowest BCUT2D eigenvalue weighted by molar-refractivity contribution is -0.148. The van der Waals surface area contributed by atoms with Gasteiger partial charge in [0.25, 0.3) is 0 Å². The molecule has 0 bridgehead atoms. The monoisotopic (exact) mass is 528 g/mol. The molecule has 0 aromatic heterocycles. The van der Waals surface area contributed by atoms with Gasteiger partial charge in [-0.1, -0.05) is 44.9 Å². The quantitative estimate of drug-likeness (QED) is 0.195. The van der Waals surface area contributed by atoms with E-state index in [4.69, 9.17) is 0 Å². The highest BCUT2D eigenvalue weighted by atomic mass is 32.2. The van der Waals surface area contributed by atoms with Gasteiger partial charge in [-0.25, -0.2) is 0 Å². The van der Waals surface area contributed by atoms with Crippen molar-refractivity contribution >= 4 is 35.5 Å². The molecule has 4 atom stereocenters. The van der Waals surface area contributed by atoms with Gasteiger partial charge in [0.05, 0.1) is 10.8 Å². The molecule has 2 aliphatic rings. The molecule has 2 rings (SSSR count). The molecule has 2 heterocycles. The Morgan fingerprint density at radius 2 is 0.914 bits per heavy atom. The summed E-state index contributed by atoms with van der Waals surface area (Å²) in [5, 5.41) is 21.8. The standard InChI is InChI=1S/C29H52O4S2/c1-28(2,26(30)31)20-7-5-12-22-14-9-16-24(34-22)18-11-19-25-17-10-15-23(35-25)13-6-8-21-29(3,4)27(32)33/h22-25H,5-21H2,1-4H3,(H,30,31)(H,32,33). The molecule has 35 heavy (non-hydrogen) atoms. The van der Waals surface area contributed by atoms with Crippen molar-refractivity contribution in [2.45, 2.75) is 158 Å². The van der Waals surface area contributed by atoms with Gasteiger partial charge in [0.1, 0.15) is 0 Å². The maximum atomic E-state index is 11.3. The van der Waals surface area contributed by atoms with Crippen LogP contribution in [0.3, 0.4) is 0 Å². The van der Waals surface area contributed by atoms with Crippen molar-refractivity contribution in [1.29, 1.82) is 0 Å². The van der Waals surface area contributed by atoms with Crippen LogP contribution in [0.4, 0.5) is 0 Å². The first-order valence-electron chi connectivity index (χ1n) is 14.3. The molecule has 0 spiro atoms. The maximum absolute atomic E-state index is 11.3. The van der Waals surface area contributed by atoms with Crippen LogP contribution >= 0.6 is 23.5 Å². The van der Waals surface area contributed by atoms with Gasteiger partial charge in [0.15, 0.2) is 0 Å². The zero-order valence-corrected chi connectivity index (χ0v) is 24.5. The normalized spacial score (nSPS) is 25.9. The largest absolute Gasteiger partial charge is 0.481 e. The number of aliphatic carboxylic acids is 2. The third-order valence-corrected chi connectivity index (χ3v) is 11.7. The van der Waals surface area contributed by atoms with Gasteiger partial charge < -0.3 is 10.2 Å².